The number of nitrogens with zero attached hydrogens (tertiary/aromatic N) is 3. The predicted molar refractivity (Wildman–Crippen MR) is 81.0 cm³/mol. The molecule has 0 saturated carbocycles. The van der Waals surface area contributed by atoms with E-state index in [9.17, 15) is 4.79 Å². The van der Waals surface area contributed by atoms with E-state index in [4.69, 9.17) is 4.74 Å². The molecule has 112 valence electrons. The Morgan fingerprint density at radius 3 is 2.52 bits per heavy atom. The van der Waals surface area contributed by atoms with Crippen molar-refractivity contribution < 1.29 is 9.53 Å². The van der Waals surface area contributed by atoms with Crippen LogP contribution in [-0.4, -0.2) is 26.5 Å². The van der Waals surface area contributed by atoms with E-state index >= 15 is 0 Å². The van der Waals surface area contributed by atoms with Crippen LogP contribution in [0, 0.1) is 6.92 Å². The summed E-state index contributed by atoms with van der Waals surface area (Å²) in [6.07, 6.45) is 1.18. The zero-order valence-corrected chi connectivity index (χ0v) is 13.0. The summed E-state index contributed by atoms with van der Waals surface area (Å²) < 4.78 is 6.97. The fourth-order valence-corrected chi connectivity index (χ4v) is 1.91. The molecule has 0 bridgehead atoms. The number of rotatable bonds is 2. The van der Waals surface area contributed by atoms with Gasteiger partial charge in [-0.1, -0.05) is 0 Å². The van der Waals surface area contributed by atoms with Gasteiger partial charge in [-0.3, -0.25) is 10.00 Å². The number of carbonyl (C=O) groups is 1. The van der Waals surface area contributed by atoms with Crippen LogP contribution in [0.4, 0.5) is 10.6 Å². The maximum atomic E-state index is 11.7. The lowest BCUT2D eigenvalue weighted by Gasteiger charge is -2.19. The molecule has 6 nitrogen and oxygen atoms in total. The quantitative estimate of drug-likeness (QED) is 0.921. The van der Waals surface area contributed by atoms with Crippen LogP contribution in [0.15, 0.2) is 24.4 Å². The van der Waals surface area contributed by atoms with Gasteiger partial charge in [0.1, 0.15) is 11.4 Å². The highest BCUT2D eigenvalue weighted by molar-refractivity contribution is 5.83. The number of aromatic nitrogens is 3. The highest BCUT2D eigenvalue weighted by atomic mass is 16.6. The van der Waals surface area contributed by atoms with Gasteiger partial charge in [0.2, 0.25) is 0 Å². The Balaban J connectivity index is 2.09. The summed E-state index contributed by atoms with van der Waals surface area (Å²) in [4.78, 5) is 15.9. The normalized spacial score (nSPS) is 11.3. The van der Waals surface area contributed by atoms with Gasteiger partial charge in [0, 0.05) is 18.8 Å². The largest absolute Gasteiger partial charge is 0.444 e. The standard InChI is InChI=1S/C15H20N4O2/c1-10-8-12(19(5)18-10)11-6-7-13(16-9-11)17-14(20)21-15(2,3)4/h6-9H,1-5H3,(H,16,17,20). The van der Waals surface area contributed by atoms with Crippen molar-refractivity contribution in [2.75, 3.05) is 5.32 Å². The lowest BCUT2D eigenvalue weighted by molar-refractivity contribution is 0.0635. The molecule has 0 radical (unpaired) electrons. The topological polar surface area (TPSA) is 69.0 Å². The third-order valence-corrected chi connectivity index (χ3v) is 2.69. The molecular weight excluding hydrogens is 268 g/mol. The van der Waals surface area contributed by atoms with Crippen molar-refractivity contribution in [2.24, 2.45) is 7.05 Å². The van der Waals surface area contributed by atoms with E-state index in [1.165, 1.54) is 0 Å². The van der Waals surface area contributed by atoms with E-state index in [1.54, 1.807) is 16.9 Å². The average molecular weight is 288 g/mol. The predicted octanol–water partition coefficient (Wildman–Crippen LogP) is 3.14. The van der Waals surface area contributed by atoms with E-state index in [1.807, 2.05) is 46.9 Å². The Morgan fingerprint density at radius 1 is 1.33 bits per heavy atom. The van der Waals surface area contributed by atoms with Gasteiger partial charge in [0.05, 0.1) is 11.4 Å². The Kier molecular flexibility index (Phi) is 3.97. The van der Waals surface area contributed by atoms with Crippen LogP contribution in [0.3, 0.4) is 0 Å². The van der Waals surface area contributed by atoms with Crippen LogP contribution >= 0.6 is 0 Å². The maximum absolute atomic E-state index is 11.7. The number of nitrogens with one attached hydrogen (secondary N) is 1. The van der Waals surface area contributed by atoms with Gasteiger partial charge in [-0.05, 0) is 45.9 Å². The molecule has 0 spiro atoms. The van der Waals surface area contributed by atoms with Crippen molar-refractivity contribution >= 4 is 11.9 Å². The molecular formula is C15H20N4O2. The van der Waals surface area contributed by atoms with Crippen molar-refractivity contribution in [1.29, 1.82) is 0 Å². The van der Waals surface area contributed by atoms with Crippen LogP contribution in [0.1, 0.15) is 26.5 Å². The highest BCUT2D eigenvalue weighted by Crippen LogP contribution is 2.20. The van der Waals surface area contributed by atoms with Crippen molar-refractivity contribution in [2.45, 2.75) is 33.3 Å². The minimum Gasteiger partial charge on any atom is -0.444 e. The van der Waals surface area contributed by atoms with E-state index in [-0.39, 0.29) is 0 Å². The van der Waals surface area contributed by atoms with Crippen LogP contribution in [0.2, 0.25) is 0 Å². The Hall–Kier alpha value is -2.37. The number of hydrogen-bond acceptors (Lipinski definition) is 4. The van der Waals surface area contributed by atoms with Gasteiger partial charge >= 0.3 is 6.09 Å². The number of anilines is 1. The van der Waals surface area contributed by atoms with Crippen LogP contribution in [-0.2, 0) is 11.8 Å². The molecule has 0 aromatic carbocycles. The van der Waals surface area contributed by atoms with Gasteiger partial charge in [0.15, 0.2) is 0 Å². The smallest absolute Gasteiger partial charge is 0.413 e. The SMILES string of the molecule is Cc1cc(-c2ccc(NC(=O)OC(C)(C)C)nc2)n(C)n1. The van der Waals surface area contributed by atoms with Crippen LogP contribution in [0.25, 0.3) is 11.3 Å². The number of aryl methyl sites for hydroxylation is 2. The second-order valence-electron chi connectivity index (χ2n) is 5.85. The van der Waals surface area contributed by atoms with Gasteiger partial charge in [-0.2, -0.15) is 5.10 Å². The number of amides is 1. The molecule has 0 unspecified atom stereocenters. The van der Waals surface area contributed by atoms with Gasteiger partial charge in [0.25, 0.3) is 0 Å². The molecule has 0 aliphatic heterocycles. The number of hydrogen-bond donors (Lipinski definition) is 1. The van der Waals surface area contributed by atoms with E-state index in [0.29, 0.717) is 5.82 Å². The zero-order chi connectivity index (χ0) is 15.6. The summed E-state index contributed by atoms with van der Waals surface area (Å²) in [5.74, 6) is 0.451. The summed E-state index contributed by atoms with van der Waals surface area (Å²) >= 11 is 0. The van der Waals surface area contributed by atoms with E-state index in [0.717, 1.165) is 17.0 Å². The Bertz CT molecular complexity index is 639. The Morgan fingerprint density at radius 2 is 2.05 bits per heavy atom. The van der Waals surface area contributed by atoms with Crippen molar-refractivity contribution in [3.63, 3.8) is 0 Å². The fraction of sp³-hybridized carbons (Fsp3) is 0.400. The molecule has 2 aromatic rings. The molecule has 0 aliphatic rings. The lowest BCUT2D eigenvalue weighted by Crippen LogP contribution is -2.27. The molecule has 0 saturated heterocycles. The maximum Gasteiger partial charge on any atom is 0.413 e. The molecule has 0 fully saturated rings. The molecule has 2 aromatic heterocycles. The summed E-state index contributed by atoms with van der Waals surface area (Å²) in [5.41, 5.74) is 2.33. The molecule has 2 heterocycles. The molecule has 6 heteroatoms. The van der Waals surface area contributed by atoms with Crippen molar-refractivity contribution in [3.8, 4) is 11.3 Å². The first kappa shape index (κ1) is 15.0. The monoisotopic (exact) mass is 288 g/mol. The second kappa shape index (κ2) is 5.55. The fourth-order valence-electron chi connectivity index (χ4n) is 1.91. The molecule has 21 heavy (non-hydrogen) atoms. The first-order valence-electron chi connectivity index (χ1n) is 6.72. The third-order valence-electron chi connectivity index (χ3n) is 2.69. The molecule has 0 atom stereocenters. The van der Waals surface area contributed by atoms with Gasteiger partial charge in [-0.25, -0.2) is 9.78 Å². The Labute approximate surface area is 124 Å². The number of carbonyl (C=O) groups excluding carboxylic acids is 1. The second-order valence-corrected chi connectivity index (χ2v) is 5.85. The van der Waals surface area contributed by atoms with E-state index in [2.05, 4.69) is 15.4 Å². The summed E-state index contributed by atoms with van der Waals surface area (Å²) in [6, 6.07) is 5.61. The van der Waals surface area contributed by atoms with E-state index < -0.39 is 11.7 Å². The minimum absolute atomic E-state index is 0.451. The van der Waals surface area contributed by atoms with Crippen molar-refractivity contribution in [3.05, 3.63) is 30.1 Å². The zero-order valence-electron chi connectivity index (χ0n) is 13.0. The summed E-state index contributed by atoms with van der Waals surface area (Å²) in [5, 5.41) is 6.90. The highest BCUT2D eigenvalue weighted by Gasteiger charge is 2.16. The number of ether oxygens (including phenoxy) is 1. The first-order valence-corrected chi connectivity index (χ1v) is 6.72. The van der Waals surface area contributed by atoms with Gasteiger partial charge in [-0.15, -0.1) is 0 Å². The lowest BCUT2D eigenvalue weighted by atomic mass is 10.2. The number of pyridine rings is 1. The average Bonchev–Trinajstić information content (AvgIpc) is 2.67. The van der Waals surface area contributed by atoms with Crippen molar-refractivity contribution in [1.82, 2.24) is 14.8 Å². The molecule has 1 amide bonds. The third kappa shape index (κ3) is 4.05. The summed E-state index contributed by atoms with van der Waals surface area (Å²) in [7, 11) is 1.88. The molecule has 1 N–H and O–H groups in total. The van der Waals surface area contributed by atoms with Gasteiger partial charge < -0.3 is 4.74 Å². The molecule has 2 rings (SSSR count). The molecule has 0 aliphatic carbocycles. The summed E-state index contributed by atoms with van der Waals surface area (Å²) in [6.45, 7) is 7.38. The minimum atomic E-state index is -0.531. The van der Waals surface area contributed by atoms with Crippen LogP contribution in [0.5, 0.6) is 0 Å². The first-order chi connectivity index (χ1) is 9.74. The van der Waals surface area contributed by atoms with Crippen LogP contribution < -0.4 is 5.32 Å².